The molecule has 1 fully saturated rings. The summed E-state index contributed by atoms with van der Waals surface area (Å²) in [5.41, 5.74) is -0.0926. The number of phenols is 1. The predicted octanol–water partition coefficient (Wildman–Crippen LogP) is 5.28. The highest BCUT2D eigenvalue weighted by atomic mass is 79.9. The van der Waals surface area contributed by atoms with E-state index in [4.69, 9.17) is 16.3 Å². The van der Waals surface area contributed by atoms with Crippen LogP contribution in [0.2, 0.25) is 5.02 Å². The normalized spacial score (nSPS) is 24.9. The van der Waals surface area contributed by atoms with E-state index in [1.165, 1.54) is 26.3 Å². The molecule has 4 aliphatic rings. The molecular weight excluding hydrogens is 671 g/mol. The van der Waals surface area contributed by atoms with Gasteiger partial charge in [-0.05, 0) is 52.9 Å². The number of ketones is 2. The number of pyridine rings is 1. The summed E-state index contributed by atoms with van der Waals surface area (Å²) in [4.78, 5) is 58.2. The van der Waals surface area contributed by atoms with Crippen molar-refractivity contribution in [3.63, 3.8) is 0 Å². The van der Waals surface area contributed by atoms with Gasteiger partial charge in [0, 0.05) is 35.8 Å². The molecule has 6 rings (SSSR count). The molecule has 44 heavy (non-hydrogen) atoms. The number of alkyl halides is 3. The molecule has 2 amide bonds. The number of allylic oxidation sites excluding steroid dienone is 6. The molecule has 9 nitrogen and oxygen atoms in total. The first-order valence-electron chi connectivity index (χ1n) is 13.4. The zero-order chi connectivity index (χ0) is 31.8. The highest BCUT2D eigenvalue weighted by Crippen LogP contribution is 2.57. The van der Waals surface area contributed by atoms with E-state index in [2.05, 4.69) is 20.9 Å². The predicted molar refractivity (Wildman–Crippen MR) is 154 cm³/mol. The van der Waals surface area contributed by atoms with Gasteiger partial charge in [-0.1, -0.05) is 35.4 Å². The Bertz CT molecular complexity index is 1770. The number of fused-ring (bicyclic) bond motifs is 3. The van der Waals surface area contributed by atoms with Gasteiger partial charge in [0.15, 0.2) is 28.9 Å². The number of aromatic nitrogens is 1. The summed E-state index contributed by atoms with van der Waals surface area (Å²) in [6.07, 6.45) is -1.86. The second-order valence-electron chi connectivity index (χ2n) is 10.8. The third kappa shape index (κ3) is 4.47. The van der Waals surface area contributed by atoms with Crippen molar-refractivity contribution in [3.05, 3.63) is 80.0 Å². The highest BCUT2D eigenvalue weighted by molar-refractivity contribution is 9.12. The van der Waals surface area contributed by atoms with Gasteiger partial charge in [0.05, 0.1) is 28.5 Å². The van der Waals surface area contributed by atoms with E-state index in [1.807, 2.05) is 0 Å². The molecule has 4 atom stereocenters. The van der Waals surface area contributed by atoms with Crippen molar-refractivity contribution in [3.8, 4) is 11.5 Å². The minimum Gasteiger partial charge on any atom is -0.504 e. The number of anilines is 1. The van der Waals surface area contributed by atoms with Crippen molar-refractivity contribution in [2.75, 3.05) is 19.2 Å². The van der Waals surface area contributed by atoms with Crippen LogP contribution in [0.15, 0.2) is 63.7 Å². The van der Waals surface area contributed by atoms with E-state index in [1.54, 1.807) is 18.2 Å². The summed E-state index contributed by atoms with van der Waals surface area (Å²) in [6, 6.07) is 6.43. The average Bonchev–Trinajstić information content (AvgIpc) is 3.23. The minimum atomic E-state index is -4.80. The first-order chi connectivity index (χ1) is 20.8. The average molecular weight is 693 g/mol. The van der Waals surface area contributed by atoms with Crippen molar-refractivity contribution >= 4 is 56.7 Å². The molecule has 1 saturated heterocycles. The zero-order valence-electron chi connectivity index (χ0n) is 23.0. The lowest BCUT2D eigenvalue weighted by molar-refractivity contribution is -0.141. The molecule has 228 valence electrons. The molecule has 14 heteroatoms. The minimum absolute atomic E-state index is 0.0371. The number of aromatic hydroxyl groups is 1. The molecule has 2 heterocycles. The maximum atomic E-state index is 14.1. The fourth-order valence-electron chi connectivity index (χ4n) is 6.69. The van der Waals surface area contributed by atoms with Crippen LogP contribution in [0.4, 0.5) is 19.0 Å². The molecule has 0 bridgehead atoms. The van der Waals surface area contributed by atoms with E-state index in [0.29, 0.717) is 11.6 Å². The first-order valence-corrected chi connectivity index (χ1v) is 14.5. The standard InChI is InChI=1S/C30H22BrClF3N3O6/c1-37(27-18(32)8-9-21(36-27)30(33,34)35)38-28(42)14-7-6-12-15(23(14)29(38)43)10-16-24(19(39)11-17(31)25(16)40)22(12)13-4-3-5-20(44-2)26(13)41/h3-6,8-9,11,14-15,22-23,41H,7,10H2,1-2H3/t14-,15+,22+,23-/m0/s1. The number of amides is 2. The van der Waals surface area contributed by atoms with Crippen LogP contribution in [-0.2, 0) is 25.4 Å². The number of para-hydroxylation sites is 1. The van der Waals surface area contributed by atoms with Crippen LogP contribution >= 0.6 is 27.5 Å². The smallest absolute Gasteiger partial charge is 0.433 e. The van der Waals surface area contributed by atoms with Crippen LogP contribution in [0.3, 0.4) is 0 Å². The van der Waals surface area contributed by atoms with E-state index in [-0.39, 0.29) is 50.6 Å². The van der Waals surface area contributed by atoms with Crippen LogP contribution in [0.25, 0.3) is 0 Å². The molecule has 1 aromatic carbocycles. The van der Waals surface area contributed by atoms with Crippen LogP contribution in [0.1, 0.15) is 30.0 Å². The van der Waals surface area contributed by atoms with Crippen LogP contribution in [-0.4, -0.2) is 52.6 Å². The van der Waals surface area contributed by atoms with Crippen LogP contribution < -0.4 is 9.75 Å². The molecule has 1 aliphatic heterocycles. The lowest BCUT2D eigenvalue weighted by Gasteiger charge is -2.42. The maximum absolute atomic E-state index is 14.1. The quantitative estimate of drug-likeness (QED) is 0.262. The zero-order valence-corrected chi connectivity index (χ0v) is 25.3. The van der Waals surface area contributed by atoms with E-state index in [0.717, 1.165) is 16.1 Å². The lowest BCUT2D eigenvalue weighted by atomic mass is 9.59. The Labute approximate surface area is 261 Å². The molecular formula is C30H22BrClF3N3O6. The Balaban J connectivity index is 1.45. The number of halogens is 5. The van der Waals surface area contributed by atoms with Crippen molar-refractivity contribution < 1.29 is 42.2 Å². The van der Waals surface area contributed by atoms with Gasteiger partial charge in [-0.2, -0.15) is 18.2 Å². The summed E-state index contributed by atoms with van der Waals surface area (Å²) >= 11 is 9.33. The second kappa shape index (κ2) is 10.6. The molecule has 1 N–H and O–H groups in total. The van der Waals surface area contributed by atoms with Crippen LogP contribution in [0.5, 0.6) is 11.5 Å². The number of methoxy groups -OCH3 is 1. The summed E-state index contributed by atoms with van der Waals surface area (Å²) < 4.78 is 45.6. The molecule has 2 aromatic rings. The number of Topliss-reactive ketones (excluding diaryl/α,β-unsaturated/α-hetero) is 1. The topological polar surface area (TPSA) is 117 Å². The molecule has 0 radical (unpaired) electrons. The van der Waals surface area contributed by atoms with Crippen LogP contribution in [0, 0.1) is 17.8 Å². The van der Waals surface area contributed by atoms with E-state index >= 15 is 0 Å². The van der Waals surface area contributed by atoms with Crippen molar-refractivity contribution in [1.29, 1.82) is 0 Å². The van der Waals surface area contributed by atoms with Gasteiger partial charge in [-0.25, -0.2) is 4.98 Å². The number of benzene rings is 1. The number of phenolic OH excluding ortho intramolecular Hbond substituents is 1. The number of rotatable bonds is 4. The Hall–Kier alpha value is -3.97. The Morgan fingerprint density at radius 1 is 1.11 bits per heavy atom. The fraction of sp³-hybridized carbons (Fsp3) is 0.300. The van der Waals surface area contributed by atoms with Gasteiger partial charge in [-0.3, -0.25) is 24.2 Å². The number of hydrogen-bond donors (Lipinski definition) is 1. The fourth-order valence-corrected chi connectivity index (χ4v) is 7.36. The SMILES string of the molecule is COc1cccc([C@H]2C3=CC[C@@H]4C(=O)N(N(C)c5nc(C(F)(F)F)ccc5Cl)C(=O)[C@@H]4[C@@H]3CC3=C2C(=O)C=C(Br)C3=O)c1O. The van der Waals surface area contributed by atoms with Gasteiger partial charge in [0.25, 0.3) is 11.8 Å². The third-order valence-electron chi connectivity index (χ3n) is 8.59. The maximum Gasteiger partial charge on any atom is 0.433 e. The highest BCUT2D eigenvalue weighted by Gasteiger charge is 2.58. The first kappa shape index (κ1) is 30.1. The molecule has 1 aromatic heterocycles. The molecule has 0 saturated carbocycles. The summed E-state index contributed by atoms with van der Waals surface area (Å²) in [7, 11) is 2.59. The van der Waals surface area contributed by atoms with Gasteiger partial charge >= 0.3 is 6.18 Å². The monoisotopic (exact) mass is 691 g/mol. The van der Waals surface area contributed by atoms with E-state index in [9.17, 15) is 37.5 Å². The molecule has 3 aliphatic carbocycles. The number of carbonyl (C=O) groups excluding carboxylic acids is 4. The van der Waals surface area contributed by atoms with Gasteiger partial charge < -0.3 is 9.84 Å². The number of carbonyl (C=O) groups is 4. The second-order valence-corrected chi connectivity index (χ2v) is 12.1. The third-order valence-corrected chi connectivity index (χ3v) is 9.48. The number of nitrogens with zero attached hydrogens (tertiary/aromatic N) is 3. The van der Waals surface area contributed by atoms with E-state index < -0.39 is 64.7 Å². The summed E-state index contributed by atoms with van der Waals surface area (Å²) in [5.74, 6) is -6.44. The number of ether oxygens (including phenoxy) is 1. The summed E-state index contributed by atoms with van der Waals surface area (Å²) in [5, 5.41) is 12.6. The van der Waals surface area contributed by atoms with Crippen molar-refractivity contribution in [2.24, 2.45) is 17.8 Å². The van der Waals surface area contributed by atoms with Gasteiger partial charge in [-0.15, -0.1) is 0 Å². The Kier molecular flexibility index (Phi) is 7.23. The van der Waals surface area contributed by atoms with Gasteiger partial charge in [0.2, 0.25) is 0 Å². The molecule has 0 spiro atoms. The van der Waals surface area contributed by atoms with Crippen molar-refractivity contribution in [2.45, 2.75) is 24.9 Å². The Morgan fingerprint density at radius 2 is 1.84 bits per heavy atom. The summed E-state index contributed by atoms with van der Waals surface area (Å²) in [6.45, 7) is 0. The molecule has 0 unspecified atom stereocenters. The van der Waals surface area contributed by atoms with Crippen molar-refractivity contribution in [1.82, 2.24) is 9.99 Å². The number of hydrazine groups is 1. The lowest BCUT2D eigenvalue weighted by Crippen LogP contribution is -2.46. The number of hydrogen-bond acceptors (Lipinski definition) is 8. The Morgan fingerprint density at radius 3 is 2.52 bits per heavy atom. The largest absolute Gasteiger partial charge is 0.504 e. The number of imide groups is 1. The van der Waals surface area contributed by atoms with Gasteiger partial charge in [0.1, 0.15) is 5.69 Å².